The normalized spacial score (nSPS) is 13.6. The molecule has 0 aromatic heterocycles. The fraction of sp³-hybridized carbons (Fsp3) is 0.962. The number of rotatable bonds is 20. The molecule has 0 aromatic rings. The lowest BCUT2D eigenvalue weighted by Crippen LogP contribution is -2.44. The predicted octanol–water partition coefficient (Wildman–Crippen LogP) is 9.23. The van der Waals surface area contributed by atoms with Crippen molar-refractivity contribution in [2.75, 3.05) is 0 Å². The van der Waals surface area contributed by atoms with Crippen LogP contribution in [0.25, 0.3) is 0 Å². The second-order valence-corrected chi connectivity index (χ2v) is 15.4. The van der Waals surface area contributed by atoms with Gasteiger partial charge >= 0.3 is 0 Å². The lowest BCUT2D eigenvalue weighted by atomic mass is 10.0. The monoisotopic (exact) mass is 426 g/mol. The van der Waals surface area contributed by atoms with Crippen LogP contribution < -0.4 is 0 Å². The molecule has 1 unspecified atom stereocenters. The zero-order chi connectivity index (χ0) is 22.0. The Balaban J connectivity index is 3.61. The summed E-state index contributed by atoms with van der Waals surface area (Å²) in [7, 11) is -1.77. The van der Waals surface area contributed by atoms with Gasteiger partial charge < -0.3 is 9.22 Å². The fourth-order valence-electron chi connectivity index (χ4n) is 3.67. The van der Waals surface area contributed by atoms with Crippen molar-refractivity contribution in [1.82, 2.24) is 0 Å². The summed E-state index contributed by atoms with van der Waals surface area (Å²) in [5.74, 6) is 0. The average Bonchev–Trinajstić information content (AvgIpc) is 2.63. The topological polar surface area (TPSA) is 26.3 Å². The van der Waals surface area contributed by atoms with Crippen LogP contribution in [0.3, 0.4) is 0 Å². The maximum absolute atomic E-state index is 11.0. The SMILES string of the molecule is CCCCCCCCCCCCCCCCCC(CC=O)O[Si](C)(C)C(C)(C)C. The second-order valence-electron chi connectivity index (χ2n) is 10.6. The predicted molar refractivity (Wildman–Crippen MR) is 132 cm³/mol. The number of carbonyl (C=O) groups is 1. The zero-order valence-corrected chi connectivity index (χ0v) is 22.0. The second kappa shape index (κ2) is 17.5. The summed E-state index contributed by atoms with van der Waals surface area (Å²) in [5.41, 5.74) is 0. The van der Waals surface area contributed by atoms with Crippen molar-refractivity contribution in [3.05, 3.63) is 0 Å². The summed E-state index contributed by atoms with van der Waals surface area (Å²) in [6.07, 6.45) is 23.7. The van der Waals surface area contributed by atoms with Gasteiger partial charge in [0.15, 0.2) is 8.32 Å². The Bertz CT molecular complexity index is 373. The number of carbonyl (C=O) groups excluding carboxylic acids is 1. The van der Waals surface area contributed by atoms with Crippen molar-refractivity contribution in [1.29, 1.82) is 0 Å². The van der Waals surface area contributed by atoms with Crippen LogP contribution in [-0.2, 0) is 9.22 Å². The van der Waals surface area contributed by atoms with Gasteiger partial charge in [-0.3, -0.25) is 0 Å². The van der Waals surface area contributed by atoms with E-state index in [1.165, 1.54) is 96.3 Å². The molecule has 0 bridgehead atoms. The van der Waals surface area contributed by atoms with Crippen molar-refractivity contribution in [2.24, 2.45) is 0 Å². The van der Waals surface area contributed by atoms with E-state index < -0.39 is 8.32 Å². The molecule has 2 nitrogen and oxygen atoms in total. The van der Waals surface area contributed by atoms with Crippen molar-refractivity contribution in [3.8, 4) is 0 Å². The summed E-state index contributed by atoms with van der Waals surface area (Å²) < 4.78 is 6.47. The van der Waals surface area contributed by atoms with E-state index in [2.05, 4.69) is 40.8 Å². The van der Waals surface area contributed by atoms with Gasteiger partial charge in [0.05, 0.1) is 6.10 Å². The van der Waals surface area contributed by atoms with E-state index in [-0.39, 0.29) is 11.1 Å². The molecule has 0 saturated heterocycles. The maximum atomic E-state index is 11.0. The zero-order valence-electron chi connectivity index (χ0n) is 21.0. The van der Waals surface area contributed by atoms with Crippen molar-refractivity contribution in [3.63, 3.8) is 0 Å². The third-order valence-corrected chi connectivity index (χ3v) is 11.3. The van der Waals surface area contributed by atoms with Crippen molar-refractivity contribution < 1.29 is 9.22 Å². The molecule has 0 aliphatic heterocycles. The van der Waals surface area contributed by atoms with E-state index in [0.717, 1.165) is 12.7 Å². The lowest BCUT2D eigenvalue weighted by molar-refractivity contribution is -0.109. The Morgan fingerprint density at radius 3 is 1.45 bits per heavy atom. The molecule has 29 heavy (non-hydrogen) atoms. The molecule has 0 amide bonds. The van der Waals surface area contributed by atoms with Crippen LogP contribution in [0, 0.1) is 0 Å². The van der Waals surface area contributed by atoms with Crippen molar-refractivity contribution in [2.45, 2.75) is 161 Å². The summed E-state index contributed by atoms with van der Waals surface area (Å²) in [6.45, 7) is 13.7. The first-order chi connectivity index (χ1) is 13.7. The summed E-state index contributed by atoms with van der Waals surface area (Å²) in [5, 5.41) is 0.211. The molecule has 0 aromatic carbocycles. The van der Waals surface area contributed by atoms with Crippen molar-refractivity contribution >= 4 is 14.6 Å². The summed E-state index contributed by atoms with van der Waals surface area (Å²) >= 11 is 0. The largest absolute Gasteiger partial charge is 0.414 e. The van der Waals surface area contributed by atoms with Crippen LogP contribution in [0.2, 0.25) is 18.1 Å². The molecule has 0 saturated carbocycles. The smallest absolute Gasteiger partial charge is 0.192 e. The number of hydrogen-bond acceptors (Lipinski definition) is 2. The molecular weight excluding hydrogens is 372 g/mol. The summed E-state index contributed by atoms with van der Waals surface area (Å²) in [4.78, 5) is 11.0. The molecule has 0 spiro atoms. The van der Waals surface area contributed by atoms with Gasteiger partial charge in [0.1, 0.15) is 6.29 Å². The van der Waals surface area contributed by atoms with Crippen LogP contribution in [0.4, 0.5) is 0 Å². The number of hydrogen-bond donors (Lipinski definition) is 0. The third-order valence-electron chi connectivity index (χ3n) is 6.76. The highest BCUT2D eigenvalue weighted by atomic mass is 28.4. The molecule has 0 radical (unpaired) electrons. The van der Waals surface area contributed by atoms with Crippen LogP contribution in [-0.4, -0.2) is 20.7 Å². The Kier molecular flexibility index (Phi) is 17.4. The van der Waals surface area contributed by atoms with E-state index in [1.807, 2.05) is 0 Å². The first-order valence-electron chi connectivity index (χ1n) is 12.9. The number of aldehydes is 1. The van der Waals surface area contributed by atoms with E-state index >= 15 is 0 Å². The first-order valence-corrected chi connectivity index (χ1v) is 15.8. The highest BCUT2D eigenvalue weighted by Crippen LogP contribution is 2.38. The minimum Gasteiger partial charge on any atom is -0.414 e. The van der Waals surface area contributed by atoms with Gasteiger partial charge in [-0.25, -0.2) is 0 Å². The standard InChI is InChI=1S/C26H54O2Si/c1-7-8-9-10-11-12-13-14-15-16-17-18-19-20-21-22-25(23-24-27)28-29(5,6)26(2,3)4/h24-25H,7-23H2,1-6H3. The highest BCUT2D eigenvalue weighted by Gasteiger charge is 2.38. The van der Waals surface area contributed by atoms with Gasteiger partial charge in [0.25, 0.3) is 0 Å². The molecule has 0 aliphatic carbocycles. The molecule has 0 aliphatic rings. The van der Waals surface area contributed by atoms with Crippen LogP contribution in [0.15, 0.2) is 0 Å². The molecule has 0 fully saturated rings. The fourth-order valence-corrected chi connectivity index (χ4v) is 5.07. The molecule has 0 N–H and O–H groups in total. The Morgan fingerprint density at radius 1 is 0.724 bits per heavy atom. The first kappa shape index (κ1) is 28.8. The van der Waals surface area contributed by atoms with E-state index in [4.69, 9.17) is 4.43 Å². The van der Waals surface area contributed by atoms with Gasteiger partial charge in [-0.05, 0) is 24.6 Å². The Hall–Kier alpha value is -0.153. The number of unbranched alkanes of at least 4 members (excludes halogenated alkanes) is 14. The maximum Gasteiger partial charge on any atom is 0.192 e. The minimum absolute atomic E-state index is 0.135. The quantitative estimate of drug-likeness (QED) is 0.110. The third kappa shape index (κ3) is 16.2. The van der Waals surface area contributed by atoms with Gasteiger partial charge in [-0.15, -0.1) is 0 Å². The lowest BCUT2D eigenvalue weighted by Gasteiger charge is -2.39. The van der Waals surface area contributed by atoms with Gasteiger partial charge in [0.2, 0.25) is 0 Å². The molecular formula is C26H54O2Si. The molecule has 1 atom stereocenters. The Labute approximate surface area is 185 Å². The van der Waals surface area contributed by atoms with Crippen LogP contribution in [0.5, 0.6) is 0 Å². The Morgan fingerprint density at radius 2 is 1.10 bits per heavy atom. The molecule has 0 rings (SSSR count). The van der Waals surface area contributed by atoms with Crippen LogP contribution in [0.1, 0.15) is 137 Å². The molecule has 3 heteroatoms. The van der Waals surface area contributed by atoms with Crippen LogP contribution >= 0.6 is 0 Å². The molecule has 174 valence electrons. The highest BCUT2D eigenvalue weighted by molar-refractivity contribution is 6.74. The van der Waals surface area contributed by atoms with Gasteiger partial charge in [-0.2, -0.15) is 0 Å². The van der Waals surface area contributed by atoms with E-state index in [9.17, 15) is 4.79 Å². The van der Waals surface area contributed by atoms with E-state index in [0.29, 0.717) is 6.42 Å². The minimum atomic E-state index is -1.77. The molecule has 0 heterocycles. The summed E-state index contributed by atoms with van der Waals surface area (Å²) in [6, 6.07) is 0. The van der Waals surface area contributed by atoms with E-state index in [1.54, 1.807) is 0 Å². The average molecular weight is 427 g/mol. The van der Waals surface area contributed by atoms with Gasteiger partial charge in [0, 0.05) is 6.42 Å². The van der Waals surface area contributed by atoms with Gasteiger partial charge in [-0.1, -0.05) is 124 Å².